The molecule has 0 heterocycles. The van der Waals surface area contributed by atoms with Gasteiger partial charge in [0.15, 0.2) is 0 Å². The van der Waals surface area contributed by atoms with Crippen molar-refractivity contribution in [2.45, 2.75) is 11.3 Å². The van der Waals surface area contributed by atoms with E-state index in [2.05, 4.69) is 10.1 Å². The second kappa shape index (κ2) is 9.90. The minimum atomic E-state index is -4.85. The Morgan fingerprint density at radius 1 is 0.939 bits per heavy atom. The predicted octanol–water partition coefficient (Wildman–Crippen LogP) is 5.73. The Bertz CT molecular complexity index is 1240. The Morgan fingerprint density at radius 3 is 2.15 bits per heavy atom. The van der Waals surface area contributed by atoms with Crippen molar-refractivity contribution in [1.29, 1.82) is 0 Å². The zero-order valence-electron chi connectivity index (χ0n) is 16.5. The number of halogens is 5. The summed E-state index contributed by atoms with van der Waals surface area (Å²) in [4.78, 5) is 12.6. The standard InChI is InChI=1S/C21H15Cl2F3N2O4S/c22-18-11-8-15(12-19(18)23)28(33(30,31)17-4-2-1-3-5-17)13-20(29)27-14-6-9-16(10-7-14)32-21(24,25)26/h1-12H,13H2,(H,27,29). The molecule has 3 aromatic carbocycles. The molecule has 0 fully saturated rings. The summed E-state index contributed by atoms with van der Waals surface area (Å²) in [6, 6.07) is 15.9. The SMILES string of the molecule is O=C(CN(c1ccc(Cl)c(Cl)c1)S(=O)(=O)c1ccccc1)Nc1ccc(OC(F)(F)F)cc1. The number of carbonyl (C=O) groups is 1. The second-order valence-corrected chi connectivity index (χ2v) is 9.22. The number of hydrogen-bond donors (Lipinski definition) is 1. The molecule has 0 aliphatic rings. The molecule has 0 spiro atoms. The van der Waals surface area contributed by atoms with Crippen LogP contribution in [0.1, 0.15) is 0 Å². The van der Waals surface area contributed by atoms with Crippen LogP contribution in [0, 0.1) is 0 Å². The van der Waals surface area contributed by atoms with Crippen LogP contribution in [-0.2, 0) is 14.8 Å². The molecule has 0 unspecified atom stereocenters. The summed E-state index contributed by atoms with van der Waals surface area (Å²) in [7, 11) is -4.17. The van der Waals surface area contributed by atoms with Crippen LogP contribution >= 0.6 is 23.2 Å². The van der Waals surface area contributed by atoms with Gasteiger partial charge >= 0.3 is 6.36 Å². The van der Waals surface area contributed by atoms with E-state index >= 15 is 0 Å². The van der Waals surface area contributed by atoms with Gasteiger partial charge < -0.3 is 10.1 Å². The fourth-order valence-electron chi connectivity index (χ4n) is 2.75. The average molecular weight is 519 g/mol. The Kier molecular flexibility index (Phi) is 7.41. The zero-order valence-corrected chi connectivity index (χ0v) is 18.8. The van der Waals surface area contributed by atoms with Gasteiger partial charge in [-0.05, 0) is 54.6 Å². The lowest BCUT2D eigenvalue weighted by atomic mass is 10.3. The first-order chi connectivity index (χ1) is 15.5. The van der Waals surface area contributed by atoms with Gasteiger partial charge in [0.05, 0.1) is 20.6 Å². The molecule has 0 atom stereocenters. The first kappa shape index (κ1) is 24.7. The molecule has 1 N–H and O–H groups in total. The maximum atomic E-state index is 13.2. The quantitative estimate of drug-likeness (QED) is 0.433. The van der Waals surface area contributed by atoms with Crippen molar-refractivity contribution in [3.63, 3.8) is 0 Å². The van der Waals surface area contributed by atoms with Gasteiger partial charge in [0.25, 0.3) is 10.0 Å². The third-order valence-corrected chi connectivity index (χ3v) is 6.71. The average Bonchev–Trinajstić information content (AvgIpc) is 2.75. The van der Waals surface area contributed by atoms with Crippen LogP contribution < -0.4 is 14.4 Å². The van der Waals surface area contributed by atoms with Crippen molar-refractivity contribution in [3.05, 3.63) is 82.8 Å². The minimum Gasteiger partial charge on any atom is -0.406 e. The maximum absolute atomic E-state index is 13.2. The molecule has 12 heteroatoms. The van der Waals surface area contributed by atoms with E-state index in [4.69, 9.17) is 23.2 Å². The van der Waals surface area contributed by atoms with Crippen molar-refractivity contribution in [3.8, 4) is 5.75 Å². The van der Waals surface area contributed by atoms with Crippen LogP contribution in [0.15, 0.2) is 77.7 Å². The minimum absolute atomic E-state index is 0.0578. The van der Waals surface area contributed by atoms with E-state index in [1.165, 1.54) is 54.6 Å². The van der Waals surface area contributed by atoms with E-state index in [9.17, 15) is 26.4 Å². The molecule has 0 bridgehead atoms. The van der Waals surface area contributed by atoms with Gasteiger partial charge in [-0.15, -0.1) is 13.2 Å². The highest BCUT2D eigenvalue weighted by Crippen LogP contribution is 2.30. The Labute approximate surface area is 197 Å². The smallest absolute Gasteiger partial charge is 0.406 e. The molecule has 6 nitrogen and oxygen atoms in total. The number of alkyl halides is 3. The van der Waals surface area contributed by atoms with Crippen LogP contribution in [0.4, 0.5) is 24.5 Å². The third kappa shape index (κ3) is 6.53. The zero-order chi connectivity index (χ0) is 24.2. The normalized spacial score (nSPS) is 11.7. The van der Waals surface area contributed by atoms with Crippen LogP contribution in [-0.4, -0.2) is 27.2 Å². The van der Waals surface area contributed by atoms with Gasteiger partial charge in [-0.25, -0.2) is 8.42 Å². The summed E-state index contributed by atoms with van der Waals surface area (Å²) in [6.07, 6.45) is -4.85. The number of amides is 1. The topological polar surface area (TPSA) is 75.7 Å². The van der Waals surface area contributed by atoms with Gasteiger partial charge in [-0.2, -0.15) is 0 Å². The molecule has 33 heavy (non-hydrogen) atoms. The number of carbonyl (C=O) groups excluding carboxylic acids is 1. The van der Waals surface area contributed by atoms with Crippen LogP contribution in [0.2, 0.25) is 10.0 Å². The summed E-state index contributed by atoms with van der Waals surface area (Å²) >= 11 is 12.0. The fourth-order valence-corrected chi connectivity index (χ4v) is 4.47. The summed E-state index contributed by atoms with van der Waals surface area (Å²) in [5.74, 6) is -1.21. The molecule has 3 rings (SSSR count). The Balaban J connectivity index is 1.85. The second-order valence-electron chi connectivity index (χ2n) is 6.54. The van der Waals surface area contributed by atoms with Gasteiger partial charge in [0, 0.05) is 5.69 Å². The predicted molar refractivity (Wildman–Crippen MR) is 119 cm³/mol. The highest BCUT2D eigenvalue weighted by molar-refractivity contribution is 7.92. The lowest BCUT2D eigenvalue weighted by molar-refractivity contribution is -0.274. The first-order valence-electron chi connectivity index (χ1n) is 9.14. The summed E-state index contributed by atoms with van der Waals surface area (Å²) in [5.41, 5.74) is 0.234. The van der Waals surface area contributed by atoms with E-state index in [1.807, 2.05) is 0 Å². The molecule has 3 aromatic rings. The molecule has 0 aliphatic carbocycles. The number of nitrogens with zero attached hydrogens (tertiary/aromatic N) is 1. The van der Waals surface area contributed by atoms with Crippen molar-refractivity contribution in [2.75, 3.05) is 16.2 Å². The molecule has 0 aromatic heterocycles. The van der Waals surface area contributed by atoms with Crippen molar-refractivity contribution >= 4 is 50.5 Å². The van der Waals surface area contributed by atoms with E-state index < -0.39 is 34.6 Å². The largest absolute Gasteiger partial charge is 0.573 e. The Hall–Kier alpha value is -2.95. The fraction of sp³-hybridized carbons (Fsp3) is 0.0952. The molecule has 0 aliphatic heterocycles. The molecular weight excluding hydrogens is 504 g/mol. The monoisotopic (exact) mass is 518 g/mol. The van der Waals surface area contributed by atoms with Crippen LogP contribution in [0.25, 0.3) is 0 Å². The van der Waals surface area contributed by atoms with E-state index in [-0.39, 0.29) is 26.3 Å². The van der Waals surface area contributed by atoms with E-state index in [0.29, 0.717) is 0 Å². The highest BCUT2D eigenvalue weighted by atomic mass is 35.5. The third-order valence-electron chi connectivity index (χ3n) is 4.18. The molecule has 0 saturated heterocycles. The Morgan fingerprint density at radius 2 is 1.58 bits per heavy atom. The van der Waals surface area contributed by atoms with Crippen molar-refractivity contribution in [2.24, 2.45) is 0 Å². The first-order valence-corrected chi connectivity index (χ1v) is 11.3. The molecule has 1 amide bonds. The molecular formula is C21H15Cl2F3N2O4S. The summed E-state index contributed by atoms with van der Waals surface area (Å²) in [5, 5.41) is 2.72. The van der Waals surface area contributed by atoms with Crippen molar-refractivity contribution in [1.82, 2.24) is 0 Å². The van der Waals surface area contributed by atoms with Crippen LogP contribution in [0.5, 0.6) is 5.75 Å². The summed E-state index contributed by atoms with van der Waals surface area (Å²) in [6.45, 7) is -0.643. The maximum Gasteiger partial charge on any atom is 0.573 e. The molecule has 0 saturated carbocycles. The number of anilines is 2. The number of rotatable bonds is 7. The number of sulfonamides is 1. The van der Waals surface area contributed by atoms with E-state index in [1.54, 1.807) is 6.07 Å². The lowest BCUT2D eigenvalue weighted by Gasteiger charge is -2.24. The van der Waals surface area contributed by atoms with Crippen molar-refractivity contribution < 1.29 is 31.1 Å². The number of hydrogen-bond acceptors (Lipinski definition) is 4. The summed E-state index contributed by atoms with van der Waals surface area (Å²) < 4.78 is 68.0. The number of ether oxygens (including phenoxy) is 1. The van der Waals surface area contributed by atoms with Gasteiger partial charge in [0.1, 0.15) is 12.3 Å². The van der Waals surface area contributed by atoms with Gasteiger partial charge in [-0.1, -0.05) is 41.4 Å². The van der Waals surface area contributed by atoms with Crippen LogP contribution in [0.3, 0.4) is 0 Å². The molecule has 174 valence electrons. The van der Waals surface area contributed by atoms with Gasteiger partial charge in [0.2, 0.25) is 5.91 Å². The molecule has 0 radical (unpaired) electrons. The number of benzene rings is 3. The lowest BCUT2D eigenvalue weighted by Crippen LogP contribution is -2.38. The number of nitrogens with one attached hydrogen (secondary N) is 1. The van der Waals surface area contributed by atoms with Gasteiger partial charge in [-0.3, -0.25) is 9.10 Å². The van der Waals surface area contributed by atoms with E-state index in [0.717, 1.165) is 16.4 Å². The highest BCUT2D eigenvalue weighted by Gasteiger charge is 2.31.